The van der Waals surface area contributed by atoms with Crippen LogP contribution in [0.25, 0.3) is 0 Å². The Kier molecular flexibility index (Phi) is 7.79. The second-order valence-corrected chi connectivity index (χ2v) is 11.0. The molecule has 0 unspecified atom stereocenters. The van der Waals surface area contributed by atoms with Crippen LogP contribution in [0.5, 0.6) is 11.5 Å². The van der Waals surface area contributed by atoms with Crippen molar-refractivity contribution in [1.82, 2.24) is 4.90 Å². The highest BCUT2D eigenvalue weighted by atomic mass is 79.9. The lowest BCUT2D eigenvalue weighted by atomic mass is 9.69. The number of nitrogens with zero attached hydrogens (tertiary/aromatic N) is 1. The maximum atomic E-state index is 6.79. The molecule has 0 N–H and O–H groups in total. The van der Waals surface area contributed by atoms with Crippen molar-refractivity contribution in [2.75, 3.05) is 20.8 Å². The van der Waals surface area contributed by atoms with Gasteiger partial charge in [-0.1, -0.05) is 43.1 Å². The fourth-order valence-corrected chi connectivity index (χ4v) is 6.01. The van der Waals surface area contributed by atoms with Crippen LogP contribution in [0.15, 0.2) is 16.6 Å². The van der Waals surface area contributed by atoms with Gasteiger partial charge in [-0.05, 0) is 69.1 Å². The molecule has 0 spiro atoms. The van der Waals surface area contributed by atoms with Crippen LogP contribution in [-0.4, -0.2) is 43.5 Å². The Labute approximate surface area is 191 Å². The van der Waals surface area contributed by atoms with Gasteiger partial charge in [-0.2, -0.15) is 0 Å². The van der Waals surface area contributed by atoms with E-state index in [4.69, 9.17) is 14.2 Å². The molecule has 4 atom stereocenters. The molecule has 4 nitrogen and oxygen atoms in total. The molecule has 170 valence electrons. The average Bonchev–Trinajstić information content (AvgIpc) is 2.67. The molecular formula is C25H40BrNO3. The minimum absolute atomic E-state index is 0.131. The van der Waals surface area contributed by atoms with Crippen LogP contribution in [0.3, 0.4) is 0 Å². The van der Waals surface area contributed by atoms with Gasteiger partial charge in [0.15, 0.2) is 11.5 Å². The number of hydrogen-bond donors (Lipinski definition) is 0. The molecule has 1 aromatic carbocycles. The lowest BCUT2D eigenvalue weighted by Crippen LogP contribution is -2.65. The van der Waals surface area contributed by atoms with Gasteiger partial charge in [0.2, 0.25) is 0 Å². The van der Waals surface area contributed by atoms with Crippen LogP contribution in [0, 0.1) is 17.8 Å². The van der Waals surface area contributed by atoms with E-state index in [0.29, 0.717) is 17.9 Å². The quantitative estimate of drug-likeness (QED) is 0.457. The molecule has 1 saturated heterocycles. The van der Waals surface area contributed by atoms with E-state index in [1.807, 2.05) is 6.07 Å². The SMILES string of the molecule is COc1cc(Br)c(CCN2[C@@H](CC(C)C)O[C@H]3C[C@@H](C)CC[C@@H]3C2(C)C)cc1OC. The molecule has 2 fully saturated rings. The molecule has 0 bridgehead atoms. The molecule has 1 aliphatic heterocycles. The van der Waals surface area contributed by atoms with Gasteiger partial charge in [-0.25, -0.2) is 0 Å². The molecule has 1 aliphatic carbocycles. The topological polar surface area (TPSA) is 30.9 Å². The van der Waals surface area contributed by atoms with Crippen LogP contribution in [0.2, 0.25) is 0 Å². The Hall–Kier alpha value is -0.780. The summed E-state index contributed by atoms with van der Waals surface area (Å²) in [4.78, 5) is 2.65. The predicted octanol–water partition coefficient (Wildman–Crippen LogP) is 6.30. The van der Waals surface area contributed by atoms with Gasteiger partial charge in [-0.15, -0.1) is 0 Å². The normalized spacial score (nSPS) is 29.0. The second-order valence-electron chi connectivity index (χ2n) is 10.2. The highest BCUT2D eigenvalue weighted by Crippen LogP contribution is 2.46. The second kappa shape index (κ2) is 9.79. The highest BCUT2D eigenvalue weighted by molar-refractivity contribution is 9.10. The van der Waals surface area contributed by atoms with Crippen LogP contribution in [0.4, 0.5) is 0 Å². The number of fused-ring (bicyclic) bond motifs is 1. The summed E-state index contributed by atoms with van der Waals surface area (Å²) in [6.07, 6.45) is 6.39. The van der Waals surface area contributed by atoms with E-state index in [0.717, 1.165) is 41.3 Å². The standard InChI is InChI=1S/C25H40BrNO3/c1-16(2)12-24-27(25(4,5)19-9-8-17(3)13-21(19)30-24)11-10-18-14-22(28-6)23(29-7)15-20(18)26/h14-17,19,21,24H,8-13H2,1-7H3/t17-,19-,21-,24+/m0/s1. The molecule has 0 amide bonds. The van der Waals surface area contributed by atoms with Crippen LogP contribution < -0.4 is 9.47 Å². The number of ether oxygens (including phenoxy) is 3. The van der Waals surface area contributed by atoms with Gasteiger partial charge < -0.3 is 14.2 Å². The minimum Gasteiger partial charge on any atom is -0.493 e. The Bertz CT molecular complexity index is 721. The van der Waals surface area contributed by atoms with E-state index in [2.05, 4.69) is 61.5 Å². The van der Waals surface area contributed by atoms with E-state index in [-0.39, 0.29) is 11.8 Å². The number of methoxy groups -OCH3 is 2. The molecule has 2 aliphatic rings. The summed E-state index contributed by atoms with van der Waals surface area (Å²) in [5.41, 5.74) is 1.37. The summed E-state index contributed by atoms with van der Waals surface area (Å²) >= 11 is 3.74. The molecule has 1 heterocycles. The molecule has 0 radical (unpaired) electrons. The summed E-state index contributed by atoms with van der Waals surface area (Å²) in [5.74, 6) is 3.53. The van der Waals surface area contributed by atoms with Gasteiger partial charge in [0, 0.05) is 22.5 Å². The Balaban J connectivity index is 1.83. The molecule has 0 aromatic heterocycles. The van der Waals surface area contributed by atoms with Gasteiger partial charge in [0.05, 0.1) is 20.3 Å². The zero-order chi connectivity index (χ0) is 22.1. The Morgan fingerprint density at radius 1 is 1.17 bits per heavy atom. The van der Waals surface area contributed by atoms with Crippen molar-refractivity contribution in [3.05, 3.63) is 22.2 Å². The molecular weight excluding hydrogens is 442 g/mol. The smallest absolute Gasteiger partial charge is 0.161 e. The Morgan fingerprint density at radius 3 is 2.47 bits per heavy atom. The zero-order valence-corrected chi connectivity index (χ0v) is 21.4. The first kappa shape index (κ1) is 23.9. The van der Waals surface area contributed by atoms with Crippen LogP contribution >= 0.6 is 15.9 Å². The van der Waals surface area contributed by atoms with E-state index >= 15 is 0 Å². The molecule has 1 aromatic rings. The van der Waals surface area contributed by atoms with Crippen LogP contribution in [0.1, 0.15) is 65.9 Å². The molecule has 3 rings (SSSR count). The fraction of sp³-hybridized carbons (Fsp3) is 0.760. The third kappa shape index (κ3) is 4.99. The minimum atomic E-state index is 0.131. The van der Waals surface area contributed by atoms with Crippen LogP contribution in [-0.2, 0) is 11.2 Å². The maximum absolute atomic E-state index is 6.79. The fourth-order valence-electron chi connectivity index (χ4n) is 5.49. The number of rotatable bonds is 7. The highest BCUT2D eigenvalue weighted by Gasteiger charge is 2.50. The lowest BCUT2D eigenvalue weighted by Gasteiger charge is -2.57. The third-order valence-electron chi connectivity index (χ3n) is 7.23. The first-order valence-electron chi connectivity index (χ1n) is 11.5. The average molecular weight is 483 g/mol. The number of benzene rings is 1. The Morgan fingerprint density at radius 2 is 1.83 bits per heavy atom. The van der Waals surface area contributed by atoms with Crippen molar-refractivity contribution in [2.24, 2.45) is 17.8 Å². The summed E-state index contributed by atoms with van der Waals surface area (Å²) in [7, 11) is 3.37. The largest absolute Gasteiger partial charge is 0.493 e. The maximum Gasteiger partial charge on any atom is 0.161 e. The van der Waals surface area contributed by atoms with Crippen molar-refractivity contribution in [3.8, 4) is 11.5 Å². The molecule has 1 saturated carbocycles. The molecule has 30 heavy (non-hydrogen) atoms. The van der Waals surface area contributed by atoms with Gasteiger partial charge in [0.25, 0.3) is 0 Å². The summed E-state index contributed by atoms with van der Waals surface area (Å²) in [5, 5.41) is 0. The number of hydrogen-bond acceptors (Lipinski definition) is 4. The van der Waals surface area contributed by atoms with E-state index < -0.39 is 0 Å². The van der Waals surface area contributed by atoms with Crippen molar-refractivity contribution in [1.29, 1.82) is 0 Å². The third-order valence-corrected chi connectivity index (χ3v) is 7.97. The first-order chi connectivity index (χ1) is 14.2. The van der Waals surface area contributed by atoms with Crippen molar-refractivity contribution in [3.63, 3.8) is 0 Å². The van der Waals surface area contributed by atoms with E-state index in [9.17, 15) is 0 Å². The molecule has 5 heteroatoms. The summed E-state index contributed by atoms with van der Waals surface area (Å²) in [6.45, 7) is 12.8. The van der Waals surface area contributed by atoms with Gasteiger partial charge >= 0.3 is 0 Å². The summed E-state index contributed by atoms with van der Waals surface area (Å²) < 4.78 is 18.8. The van der Waals surface area contributed by atoms with Crippen molar-refractivity contribution in [2.45, 2.75) is 84.6 Å². The van der Waals surface area contributed by atoms with Crippen molar-refractivity contribution < 1.29 is 14.2 Å². The van der Waals surface area contributed by atoms with Crippen molar-refractivity contribution >= 4 is 15.9 Å². The van der Waals surface area contributed by atoms with E-state index in [1.54, 1.807) is 14.2 Å². The monoisotopic (exact) mass is 481 g/mol. The van der Waals surface area contributed by atoms with Gasteiger partial charge in [-0.3, -0.25) is 4.90 Å². The summed E-state index contributed by atoms with van der Waals surface area (Å²) in [6, 6.07) is 4.11. The first-order valence-corrected chi connectivity index (χ1v) is 12.3. The zero-order valence-electron chi connectivity index (χ0n) is 19.8. The van der Waals surface area contributed by atoms with Gasteiger partial charge in [0.1, 0.15) is 6.23 Å². The number of halogens is 1. The van der Waals surface area contributed by atoms with E-state index in [1.165, 1.54) is 24.8 Å². The predicted molar refractivity (Wildman–Crippen MR) is 126 cm³/mol. The lowest BCUT2D eigenvalue weighted by molar-refractivity contribution is -0.237.